The Kier molecular flexibility index (Phi) is 4.57. The zero-order valence-electron chi connectivity index (χ0n) is 16.7. The van der Waals surface area contributed by atoms with Crippen LogP contribution in [-0.4, -0.2) is 33.5 Å². The van der Waals surface area contributed by atoms with E-state index < -0.39 is 0 Å². The quantitative estimate of drug-likeness (QED) is 0.411. The first-order chi connectivity index (χ1) is 14.0. The molecule has 1 aromatic carbocycles. The van der Waals surface area contributed by atoms with Crippen LogP contribution in [0.2, 0.25) is 0 Å². The molecule has 1 unspecified atom stereocenters. The largest absolute Gasteiger partial charge is 0.352 e. The first-order valence-electron chi connectivity index (χ1n) is 9.91. The van der Waals surface area contributed by atoms with Gasteiger partial charge in [0, 0.05) is 27.9 Å². The molecule has 4 heterocycles. The Labute approximate surface area is 177 Å². The number of pyridine rings is 1. The maximum atomic E-state index is 14.9. The van der Waals surface area contributed by atoms with Gasteiger partial charge in [0.15, 0.2) is 5.82 Å². The third-order valence-electron chi connectivity index (χ3n) is 6.25. The minimum Gasteiger partial charge on any atom is -0.352 e. The van der Waals surface area contributed by atoms with Crippen molar-refractivity contribution in [2.45, 2.75) is 38.6 Å². The number of likely N-dealkylation sites (tertiary alicyclic amines) is 1. The third-order valence-corrected chi connectivity index (χ3v) is 8.20. The molecule has 0 bridgehead atoms. The predicted molar refractivity (Wildman–Crippen MR) is 121 cm³/mol. The number of likely N-dealkylation sites (N-methyl/N-ethyl adjacent to an activating group) is 1. The van der Waals surface area contributed by atoms with Crippen LogP contribution in [0.3, 0.4) is 0 Å². The number of hydrogen-bond donors (Lipinski definition) is 1. The van der Waals surface area contributed by atoms with Crippen molar-refractivity contribution in [3.8, 4) is 0 Å². The molecule has 1 aliphatic heterocycles. The van der Waals surface area contributed by atoms with Crippen LogP contribution in [0.4, 0.5) is 15.8 Å². The number of benzene rings is 1. The average molecular weight is 427 g/mol. The summed E-state index contributed by atoms with van der Waals surface area (Å²) in [6.07, 6.45) is 2.95. The van der Waals surface area contributed by atoms with Crippen molar-refractivity contribution in [3.63, 3.8) is 0 Å². The molecule has 3 aromatic heterocycles. The van der Waals surface area contributed by atoms with Gasteiger partial charge in [-0.15, -0.1) is 22.7 Å². The number of thiophene rings is 1. The second kappa shape index (κ2) is 7.00. The molecule has 5 rings (SSSR count). The van der Waals surface area contributed by atoms with Crippen LogP contribution in [-0.2, 0) is 0 Å². The number of anilines is 2. The molecule has 0 amide bonds. The highest BCUT2D eigenvalue weighted by molar-refractivity contribution is 7.18. The van der Waals surface area contributed by atoms with Gasteiger partial charge in [-0.2, -0.15) is 0 Å². The van der Waals surface area contributed by atoms with Gasteiger partial charge in [-0.1, -0.05) is 6.92 Å². The highest BCUT2D eigenvalue weighted by Gasteiger charge is 2.41. The van der Waals surface area contributed by atoms with Crippen molar-refractivity contribution in [1.82, 2.24) is 14.9 Å². The van der Waals surface area contributed by atoms with Gasteiger partial charge in [-0.05, 0) is 57.6 Å². The zero-order valence-corrected chi connectivity index (χ0v) is 18.3. The van der Waals surface area contributed by atoms with E-state index in [0.29, 0.717) is 17.1 Å². The van der Waals surface area contributed by atoms with Crippen LogP contribution in [0.15, 0.2) is 36.0 Å². The highest BCUT2D eigenvalue weighted by Crippen LogP contribution is 2.46. The van der Waals surface area contributed by atoms with Crippen LogP contribution in [0.25, 0.3) is 20.4 Å². The molecule has 29 heavy (non-hydrogen) atoms. The summed E-state index contributed by atoms with van der Waals surface area (Å²) in [5.41, 5.74) is 3.56. The van der Waals surface area contributed by atoms with E-state index in [9.17, 15) is 4.39 Å². The maximum absolute atomic E-state index is 14.9. The summed E-state index contributed by atoms with van der Waals surface area (Å²) in [4.78, 5) is 13.6. The van der Waals surface area contributed by atoms with Gasteiger partial charge in [-0.3, -0.25) is 4.90 Å². The molecule has 4 aromatic rings. The molecule has 0 saturated carbocycles. The first kappa shape index (κ1) is 18.9. The number of hydrogen-bond acceptors (Lipinski definition) is 6. The summed E-state index contributed by atoms with van der Waals surface area (Å²) in [6, 6.07) is 7.87. The molecule has 1 saturated heterocycles. The second-order valence-electron chi connectivity index (χ2n) is 8.05. The minimum atomic E-state index is -0.306. The van der Waals surface area contributed by atoms with E-state index in [4.69, 9.17) is 0 Å². The molecule has 7 heteroatoms. The molecule has 0 spiro atoms. The van der Waals surface area contributed by atoms with E-state index in [1.54, 1.807) is 29.1 Å². The number of aromatic nitrogens is 2. The number of fused-ring (bicyclic) bond motifs is 2. The van der Waals surface area contributed by atoms with Crippen molar-refractivity contribution < 1.29 is 4.39 Å². The summed E-state index contributed by atoms with van der Waals surface area (Å²) in [5.74, 6) is 0.178. The Morgan fingerprint density at radius 2 is 2.10 bits per heavy atom. The van der Waals surface area contributed by atoms with E-state index in [1.165, 1.54) is 16.2 Å². The molecule has 1 aliphatic rings. The number of nitrogens with zero attached hydrogens (tertiary/aromatic N) is 3. The fourth-order valence-electron chi connectivity index (χ4n) is 4.58. The Balaban J connectivity index is 1.53. The van der Waals surface area contributed by atoms with Gasteiger partial charge in [0.05, 0.1) is 21.6 Å². The molecule has 0 aliphatic carbocycles. The standard InChI is InChI=1S/C22H23FN4S2/c1-4-27-10-8-14(22(27,2)3)18-11-13-15(7-9-24-21(13)29-18)26-16-5-6-17-20(19(16)23)25-12-28-17/h5-7,9,11-12,14H,4,8,10H2,1-3H3,(H,24,26). The lowest BCUT2D eigenvalue weighted by atomic mass is 9.87. The number of nitrogens with one attached hydrogen (secondary N) is 1. The summed E-state index contributed by atoms with van der Waals surface area (Å²) >= 11 is 3.21. The van der Waals surface area contributed by atoms with E-state index >= 15 is 0 Å². The van der Waals surface area contributed by atoms with E-state index in [0.717, 1.165) is 40.1 Å². The number of thiazole rings is 1. The number of rotatable bonds is 4. The van der Waals surface area contributed by atoms with Gasteiger partial charge >= 0.3 is 0 Å². The number of halogens is 1. The van der Waals surface area contributed by atoms with Gasteiger partial charge in [0.25, 0.3) is 0 Å². The van der Waals surface area contributed by atoms with E-state index in [-0.39, 0.29) is 11.4 Å². The summed E-state index contributed by atoms with van der Waals surface area (Å²) in [5, 5.41) is 4.34. The Morgan fingerprint density at radius 3 is 2.90 bits per heavy atom. The molecule has 150 valence electrons. The minimum absolute atomic E-state index is 0.130. The third kappa shape index (κ3) is 3.03. The predicted octanol–water partition coefficient (Wildman–Crippen LogP) is 6.38. The molecule has 4 nitrogen and oxygen atoms in total. The molecule has 1 fully saturated rings. The van der Waals surface area contributed by atoms with Crippen LogP contribution < -0.4 is 5.32 Å². The van der Waals surface area contributed by atoms with Crippen LogP contribution in [0, 0.1) is 5.82 Å². The van der Waals surface area contributed by atoms with Gasteiger partial charge in [0.2, 0.25) is 0 Å². The van der Waals surface area contributed by atoms with Crippen LogP contribution >= 0.6 is 22.7 Å². The van der Waals surface area contributed by atoms with Crippen LogP contribution in [0.5, 0.6) is 0 Å². The Morgan fingerprint density at radius 1 is 1.24 bits per heavy atom. The maximum Gasteiger partial charge on any atom is 0.173 e. The van der Waals surface area contributed by atoms with Crippen molar-refractivity contribution >= 4 is 54.5 Å². The summed E-state index contributed by atoms with van der Waals surface area (Å²) in [6.45, 7) is 9.09. The first-order valence-corrected chi connectivity index (χ1v) is 11.6. The lowest BCUT2D eigenvalue weighted by Gasteiger charge is -2.35. The monoisotopic (exact) mass is 426 g/mol. The smallest absolute Gasteiger partial charge is 0.173 e. The second-order valence-corrected chi connectivity index (χ2v) is 10.0. The molecule has 1 atom stereocenters. The normalized spacial score (nSPS) is 19.4. The topological polar surface area (TPSA) is 41.0 Å². The van der Waals surface area contributed by atoms with E-state index in [1.807, 2.05) is 12.1 Å². The lowest BCUT2D eigenvalue weighted by Crippen LogP contribution is -2.41. The molecular weight excluding hydrogens is 403 g/mol. The Bertz CT molecular complexity index is 1200. The van der Waals surface area contributed by atoms with E-state index in [2.05, 4.69) is 47.0 Å². The fourth-order valence-corrected chi connectivity index (χ4v) is 6.59. The molecule has 1 N–H and O–H groups in total. The average Bonchev–Trinajstić information content (AvgIpc) is 3.40. The summed E-state index contributed by atoms with van der Waals surface area (Å²) < 4.78 is 15.7. The summed E-state index contributed by atoms with van der Waals surface area (Å²) in [7, 11) is 0. The van der Waals surface area contributed by atoms with Gasteiger partial charge in [0.1, 0.15) is 10.3 Å². The van der Waals surface area contributed by atoms with Crippen molar-refractivity contribution in [2.75, 3.05) is 18.4 Å². The van der Waals surface area contributed by atoms with Crippen molar-refractivity contribution in [3.05, 3.63) is 46.7 Å². The van der Waals surface area contributed by atoms with Gasteiger partial charge < -0.3 is 5.32 Å². The fraction of sp³-hybridized carbons (Fsp3) is 0.364. The lowest BCUT2D eigenvalue weighted by molar-refractivity contribution is 0.171. The molecule has 0 radical (unpaired) electrons. The van der Waals surface area contributed by atoms with Crippen molar-refractivity contribution in [1.29, 1.82) is 0 Å². The van der Waals surface area contributed by atoms with Gasteiger partial charge in [-0.25, -0.2) is 14.4 Å². The van der Waals surface area contributed by atoms with Crippen molar-refractivity contribution in [2.24, 2.45) is 0 Å². The highest BCUT2D eigenvalue weighted by atomic mass is 32.1. The Hall–Kier alpha value is -2.09. The van der Waals surface area contributed by atoms with Crippen LogP contribution in [0.1, 0.15) is 38.0 Å². The zero-order chi connectivity index (χ0) is 20.2. The SMILES string of the molecule is CCN1CCC(c2cc3c(Nc4ccc5scnc5c4F)ccnc3s2)C1(C)C. The molecular formula is C22H23FN4S2.